The number of rotatable bonds is 6. The Balaban J connectivity index is 1.71. The van der Waals surface area contributed by atoms with Crippen molar-refractivity contribution in [1.82, 2.24) is 5.32 Å². The molecule has 0 spiro atoms. The lowest BCUT2D eigenvalue weighted by atomic mass is 9.83. The van der Waals surface area contributed by atoms with Crippen LogP contribution in [0.15, 0.2) is 41.8 Å². The van der Waals surface area contributed by atoms with Gasteiger partial charge in [0.15, 0.2) is 0 Å². The molecule has 1 atom stereocenters. The third kappa shape index (κ3) is 3.37. The van der Waals surface area contributed by atoms with Crippen molar-refractivity contribution in [3.63, 3.8) is 0 Å². The first-order valence-corrected chi connectivity index (χ1v) is 9.14. The Labute approximate surface area is 145 Å². The van der Waals surface area contributed by atoms with Gasteiger partial charge >= 0.3 is 0 Å². The highest BCUT2D eigenvalue weighted by atomic mass is 32.1. The van der Waals surface area contributed by atoms with E-state index in [2.05, 4.69) is 11.4 Å². The molecule has 128 valence electrons. The Morgan fingerprint density at radius 3 is 2.75 bits per heavy atom. The van der Waals surface area contributed by atoms with Gasteiger partial charge in [0.1, 0.15) is 5.82 Å². The van der Waals surface area contributed by atoms with Gasteiger partial charge in [0.2, 0.25) is 5.91 Å². The van der Waals surface area contributed by atoms with E-state index in [0.29, 0.717) is 6.54 Å². The summed E-state index contributed by atoms with van der Waals surface area (Å²) >= 11 is 1.64. The summed E-state index contributed by atoms with van der Waals surface area (Å²) in [5.41, 5.74) is 0.323. The summed E-state index contributed by atoms with van der Waals surface area (Å²) in [5.74, 6) is -0.243. The number of methoxy groups -OCH3 is 1. The van der Waals surface area contributed by atoms with Crippen LogP contribution < -0.4 is 5.32 Å². The molecule has 1 aromatic carbocycles. The second-order valence-electron chi connectivity index (χ2n) is 6.26. The number of nitrogens with one attached hydrogen (secondary N) is 1. The average molecular weight is 347 g/mol. The fourth-order valence-corrected chi connectivity index (χ4v) is 4.50. The zero-order valence-corrected chi connectivity index (χ0v) is 14.6. The van der Waals surface area contributed by atoms with Crippen molar-refractivity contribution in [1.29, 1.82) is 0 Å². The highest BCUT2D eigenvalue weighted by Crippen LogP contribution is 2.43. The molecular formula is C19H22FNO2S. The maximum Gasteiger partial charge on any atom is 0.231 e. The van der Waals surface area contributed by atoms with Crippen LogP contribution in [0.25, 0.3) is 0 Å². The molecule has 0 unspecified atom stereocenters. The van der Waals surface area contributed by atoms with Crippen LogP contribution in [0.3, 0.4) is 0 Å². The number of halogens is 1. The van der Waals surface area contributed by atoms with Gasteiger partial charge < -0.3 is 10.1 Å². The highest BCUT2D eigenvalue weighted by Gasteiger charge is 2.43. The maximum absolute atomic E-state index is 13.4. The van der Waals surface area contributed by atoms with E-state index in [0.717, 1.165) is 36.1 Å². The van der Waals surface area contributed by atoms with Gasteiger partial charge in [-0.05, 0) is 42.0 Å². The Morgan fingerprint density at radius 1 is 1.33 bits per heavy atom. The van der Waals surface area contributed by atoms with Crippen molar-refractivity contribution in [3.8, 4) is 0 Å². The Morgan fingerprint density at radius 2 is 2.12 bits per heavy atom. The molecule has 1 N–H and O–H groups in total. The van der Waals surface area contributed by atoms with Crippen LogP contribution in [0.2, 0.25) is 0 Å². The van der Waals surface area contributed by atoms with E-state index < -0.39 is 5.41 Å². The third-order valence-corrected chi connectivity index (χ3v) is 5.91. The third-order valence-electron chi connectivity index (χ3n) is 4.84. The zero-order chi connectivity index (χ0) is 17.0. The fraction of sp³-hybridized carbons (Fsp3) is 0.421. The van der Waals surface area contributed by atoms with E-state index in [1.165, 1.54) is 12.1 Å². The van der Waals surface area contributed by atoms with Gasteiger partial charge in [-0.1, -0.05) is 31.0 Å². The predicted octanol–water partition coefficient (Wildman–Crippen LogP) is 4.20. The molecular weight excluding hydrogens is 325 g/mol. The number of carbonyl (C=O) groups excluding carboxylic acids is 1. The molecule has 3 nitrogen and oxygen atoms in total. The summed E-state index contributed by atoms with van der Waals surface area (Å²) in [4.78, 5) is 14.1. The van der Waals surface area contributed by atoms with Gasteiger partial charge in [0.05, 0.1) is 11.5 Å². The van der Waals surface area contributed by atoms with Gasteiger partial charge in [-0.2, -0.15) is 0 Å². The quantitative estimate of drug-likeness (QED) is 0.850. The second-order valence-corrected chi connectivity index (χ2v) is 7.20. The van der Waals surface area contributed by atoms with E-state index in [1.54, 1.807) is 24.5 Å². The highest BCUT2D eigenvalue weighted by molar-refractivity contribution is 7.10. The minimum Gasteiger partial charge on any atom is -0.375 e. The molecule has 0 radical (unpaired) electrons. The maximum atomic E-state index is 13.4. The molecule has 1 aromatic heterocycles. The van der Waals surface area contributed by atoms with E-state index in [9.17, 15) is 9.18 Å². The normalized spacial score (nSPS) is 17.6. The Bertz CT molecular complexity index is 680. The Kier molecular flexibility index (Phi) is 5.31. The Hall–Kier alpha value is -1.72. The molecule has 5 heteroatoms. The fourth-order valence-electron chi connectivity index (χ4n) is 3.51. The van der Waals surface area contributed by atoms with E-state index in [1.807, 2.05) is 17.5 Å². The number of ether oxygens (including phenoxy) is 1. The number of hydrogen-bond donors (Lipinski definition) is 1. The lowest BCUT2D eigenvalue weighted by Crippen LogP contribution is -2.43. The molecule has 1 saturated carbocycles. The summed E-state index contributed by atoms with van der Waals surface area (Å²) < 4.78 is 18.9. The van der Waals surface area contributed by atoms with E-state index >= 15 is 0 Å². The molecule has 0 aliphatic heterocycles. The smallest absolute Gasteiger partial charge is 0.231 e. The van der Waals surface area contributed by atoms with Gasteiger partial charge in [-0.15, -0.1) is 11.3 Å². The van der Waals surface area contributed by atoms with Gasteiger partial charge in [-0.3, -0.25) is 4.79 Å². The van der Waals surface area contributed by atoms with Crippen LogP contribution in [0, 0.1) is 5.82 Å². The first-order chi connectivity index (χ1) is 11.7. The summed E-state index contributed by atoms with van der Waals surface area (Å²) in [6.45, 7) is 0.339. The number of amides is 1. The minimum absolute atomic E-state index is 0.0564. The van der Waals surface area contributed by atoms with Crippen LogP contribution in [-0.4, -0.2) is 19.6 Å². The van der Waals surface area contributed by atoms with Gasteiger partial charge in [0, 0.05) is 18.5 Å². The molecule has 24 heavy (non-hydrogen) atoms. The van der Waals surface area contributed by atoms with Crippen LogP contribution in [0.4, 0.5) is 4.39 Å². The van der Waals surface area contributed by atoms with E-state index in [4.69, 9.17) is 4.74 Å². The zero-order valence-electron chi connectivity index (χ0n) is 13.8. The first-order valence-electron chi connectivity index (χ1n) is 8.26. The van der Waals surface area contributed by atoms with Crippen molar-refractivity contribution in [3.05, 3.63) is 58.0 Å². The van der Waals surface area contributed by atoms with E-state index in [-0.39, 0.29) is 17.8 Å². The number of benzene rings is 1. The molecule has 0 saturated heterocycles. The van der Waals surface area contributed by atoms with Crippen molar-refractivity contribution in [2.45, 2.75) is 37.2 Å². The minimum atomic E-state index is -0.408. The molecule has 1 aliphatic rings. The van der Waals surface area contributed by atoms with Crippen LogP contribution in [-0.2, 0) is 14.9 Å². The van der Waals surface area contributed by atoms with Crippen LogP contribution >= 0.6 is 11.3 Å². The van der Waals surface area contributed by atoms with Gasteiger partial charge in [0.25, 0.3) is 0 Å². The average Bonchev–Trinajstić information content (AvgIpc) is 3.27. The molecule has 1 fully saturated rings. The standard InChI is InChI=1S/C19H22FNO2S/c1-23-16(14-6-4-7-15(20)12-14)13-21-18(22)19(9-2-3-10-19)17-8-5-11-24-17/h4-8,11-12,16H,2-3,9-10,13H2,1H3,(H,21,22)/t16-/m1/s1. The number of carbonyl (C=O) groups is 1. The number of thiophene rings is 1. The van der Waals surface area contributed by atoms with Crippen molar-refractivity contribution in [2.24, 2.45) is 0 Å². The molecule has 1 aliphatic carbocycles. The lowest BCUT2D eigenvalue weighted by molar-refractivity contribution is -0.127. The largest absolute Gasteiger partial charge is 0.375 e. The predicted molar refractivity (Wildman–Crippen MR) is 93.6 cm³/mol. The topological polar surface area (TPSA) is 38.3 Å². The van der Waals surface area contributed by atoms with Crippen LogP contribution in [0.1, 0.15) is 42.2 Å². The molecule has 3 rings (SSSR count). The molecule has 2 aromatic rings. The van der Waals surface area contributed by atoms with Crippen molar-refractivity contribution >= 4 is 17.2 Å². The summed E-state index contributed by atoms with van der Waals surface area (Å²) in [5, 5.41) is 5.06. The van der Waals surface area contributed by atoms with Crippen molar-refractivity contribution in [2.75, 3.05) is 13.7 Å². The molecule has 1 heterocycles. The SMILES string of the molecule is CO[C@H](CNC(=O)C1(c2cccs2)CCCC1)c1cccc(F)c1. The summed E-state index contributed by atoms with van der Waals surface area (Å²) in [6.07, 6.45) is 3.56. The summed E-state index contributed by atoms with van der Waals surface area (Å²) in [6, 6.07) is 10.4. The molecule has 0 bridgehead atoms. The molecule has 1 amide bonds. The van der Waals surface area contributed by atoms with Crippen molar-refractivity contribution < 1.29 is 13.9 Å². The lowest BCUT2D eigenvalue weighted by Gasteiger charge is -2.28. The van der Waals surface area contributed by atoms with Gasteiger partial charge in [-0.25, -0.2) is 4.39 Å². The monoisotopic (exact) mass is 347 g/mol. The van der Waals surface area contributed by atoms with Crippen LogP contribution in [0.5, 0.6) is 0 Å². The summed E-state index contributed by atoms with van der Waals surface area (Å²) in [7, 11) is 1.58. The first kappa shape index (κ1) is 17.1. The number of hydrogen-bond acceptors (Lipinski definition) is 3. The second kappa shape index (κ2) is 7.45.